The number of benzene rings is 1. The predicted octanol–water partition coefficient (Wildman–Crippen LogP) is 4.71. The minimum atomic E-state index is -0.538. The summed E-state index contributed by atoms with van der Waals surface area (Å²) in [6, 6.07) is 5.31. The summed E-state index contributed by atoms with van der Waals surface area (Å²) in [6.07, 6.45) is 3.39. The monoisotopic (exact) mass is 385 g/mol. The molecule has 0 spiro atoms. The van der Waals surface area contributed by atoms with Crippen LogP contribution < -0.4 is 4.90 Å². The zero-order valence-corrected chi connectivity index (χ0v) is 17.3. The summed E-state index contributed by atoms with van der Waals surface area (Å²) in [5.41, 5.74) is 1.94. The molecule has 0 aliphatic carbocycles. The number of anilines is 1. The first kappa shape index (κ1) is 20.2. The van der Waals surface area contributed by atoms with Gasteiger partial charge >= 0.3 is 6.09 Å². The van der Waals surface area contributed by atoms with E-state index in [2.05, 4.69) is 0 Å². The third-order valence-corrected chi connectivity index (χ3v) is 5.09. The Labute approximate surface area is 166 Å². The standard InChI is InChI=1S/C22H28FN3O2/c1-14(2)8-15-9-19(23)18(11-24)20(10-15)25-12-16-6-7-17(13-25)26(16)21(27)28-22(3,4)5/h8-10,16-17H,6-7,12-13H2,1-5H3. The summed E-state index contributed by atoms with van der Waals surface area (Å²) >= 11 is 0. The molecule has 2 aliphatic rings. The smallest absolute Gasteiger partial charge is 0.410 e. The number of amides is 1. The third-order valence-electron chi connectivity index (χ3n) is 5.09. The van der Waals surface area contributed by atoms with Crippen molar-refractivity contribution in [2.75, 3.05) is 18.0 Å². The van der Waals surface area contributed by atoms with Crippen LogP contribution >= 0.6 is 0 Å². The Morgan fingerprint density at radius 3 is 2.36 bits per heavy atom. The Bertz CT molecular complexity index is 833. The van der Waals surface area contributed by atoms with Gasteiger partial charge in [0.1, 0.15) is 23.1 Å². The van der Waals surface area contributed by atoms with Crippen molar-refractivity contribution >= 4 is 17.9 Å². The fourth-order valence-electron chi connectivity index (χ4n) is 4.10. The van der Waals surface area contributed by atoms with E-state index in [1.54, 1.807) is 0 Å². The molecule has 2 aliphatic heterocycles. The van der Waals surface area contributed by atoms with Crippen molar-refractivity contribution in [3.8, 4) is 6.07 Å². The fraction of sp³-hybridized carbons (Fsp3) is 0.545. The number of allylic oxidation sites excluding steroid dienone is 1. The maximum atomic E-state index is 14.6. The summed E-state index contributed by atoms with van der Waals surface area (Å²) < 4.78 is 20.1. The van der Waals surface area contributed by atoms with Gasteiger partial charge in [0.15, 0.2) is 0 Å². The highest BCUT2D eigenvalue weighted by Gasteiger charge is 2.44. The second-order valence-electron chi connectivity index (χ2n) is 8.91. The summed E-state index contributed by atoms with van der Waals surface area (Å²) in [7, 11) is 0. The third kappa shape index (κ3) is 4.14. The minimum Gasteiger partial charge on any atom is -0.444 e. The lowest BCUT2D eigenvalue weighted by atomic mass is 10.0. The van der Waals surface area contributed by atoms with Crippen molar-refractivity contribution < 1.29 is 13.9 Å². The minimum absolute atomic E-state index is 0.00955. The van der Waals surface area contributed by atoms with E-state index in [1.807, 2.05) is 62.6 Å². The first-order chi connectivity index (χ1) is 13.1. The van der Waals surface area contributed by atoms with E-state index in [0.29, 0.717) is 18.8 Å². The van der Waals surface area contributed by atoms with Crippen molar-refractivity contribution in [2.45, 2.75) is 65.1 Å². The highest BCUT2D eigenvalue weighted by molar-refractivity contribution is 5.72. The molecular formula is C22H28FN3O2. The second-order valence-corrected chi connectivity index (χ2v) is 8.91. The molecule has 5 nitrogen and oxygen atoms in total. The summed E-state index contributed by atoms with van der Waals surface area (Å²) in [6.45, 7) is 10.6. The van der Waals surface area contributed by atoms with Crippen molar-refractivity contribution in [3.63, 3.8) is 0 Å². The molecule has 2 bridgehead atoms. The van der Waals surface area contributed by atoms with Crippen LogP contribution in [0.5, 0.6) is 0 Å². The molecule has 2 saturated heterocycles. The molecule has 0 aromatic heterocycles. The SMILES string of the molecule is CC(C)=Cc1cc(F)c(C#N)c(N2CC3CCC(C2)N3C(=O)OC(C)(C)C)c1. The molecule has 6 heteroatoms. The van der Waals surface area contributed by atoms with Gasteiger partial charge in [-0.3, -0.25) is 4.90 Å². The zero-order chi connectivity index (χ0) is 20.6. The van der Waals surface area contributed by atoms with Crippen molar-refractivity contribution in [2.24, 2.45) is 0 Å². The van der Waals surface area contributed by atoms with Crippen LogP contribution in [0.3, 0.4) is 0 Å². The number of nitrogens with zero attached hydrogens (tertiary/aromatic N) is 3. The number of fused-ring (bicyclic) bond motifs is 2. The van der Waals surface area contributed by atoms with E-state index in [0.717, 1.165) is 24.0 Å². The number of nitriles is 1. The van der Waals surface area contributed by atoms with E-state index in [-0.39, 0.29) is 23.7 Å². The van der Waals surface area contributed by atoms with Gasteiger partial charge in [-0.15, -0.1) is 0 Å². The molecule has 0 saturated carbocycles. The lowest BCUT2D eigenvalue weighted by molar-refractivity contribution is 0.0123. The quantitative estimate of drug-likeness (QED) is 0.740. The van der Waals surface area contributed by atoms with Gasteiger partial charge in [-0.1, -0.05) is 11.6 Å². The maximum Gasteiger partial charge on any atom is 0.410 e. The normalized spacial score (nSPS) is 21.3. The molecule has 1 amide bonds. The van der Waals surface area contributed by atoms with Crippen molar-refractivity contribution in [1.82, 2.24) is 4.90 Å². The van der Waals surface area contributed by atoms with Crippen LogP contribution in [0.1, 0.15) is 58.6 Å². The number of rotatable bonds is 2. The molecule has 1 aromatic rings. The highest BCUT2D eigenvalue weighted by Crippen LogP contribution is 2.36. The maximum absolute atomic E-state index is 14.6. The van der Waals surface area contributed by atoms with Gasteiger partial charge in [-0.05, 0) is 65.2 Å². The van der Waals surface area contributed by atoms with Crippen molar-refractivity contribution in [3.05, 3.63) is 34.6 Å². The number of carbonyl (C=O) groups excluding carboxylic acids is 1. The van der Waals surface area contributed by atoms with Crippen LogP contribution in [-0.2, 0) is 4.74 Å². The van der Waals surface area contributed by atoms with E-state index >= 15 is 0 Å². The van der Waals surface area contributed by atoms with E-state index in [9.17, 15) is 14.4 Å². The topological polar surface area (TPSA) is 56.6 Å². The van der Waals surface area contributed by atoms with Gasteiger partial charge in [0.2, 0.25) is 0 Å². The van der Waals surface area contributed by atoms with Crippen LogP contribution in [0, 0.1) is 17.1 Å². The number of halogens is 1. The Balaban J connectivity index is 1.88. The number of carbonyl (C=O) groups is 1. The Morgan fingerprint density at radius 1 is 1.25 bits per heavy atom. The molecule has 28 heavy (non-hydrogen) atoms. The van der Waals surface area contributed by atoms with Gasteiger partial charge in [-0.25, -0.2) is 9.18 Å². The largest absolute Gasteiger partial charge is 0.444 e. The first-order valence-corrected chi connectivity index (χ1v) is 9.74. The van der Waals surface area contributed by atoms with Crippen LogP contribution in [-0.4, -0.2) is 41.8 Å². The molecule has 2 unspecified atom stereocenters. The van der Waals surface area contributed by atoms with Crippen LogP contribution in [0.4, 0.5) is 14.9 Å². The molecule has 2 fully saturated rings. The van der Waals surface area contributed by atoms with E-state index < -0.39 is 11.4 Å². The van der Waals surface area contributed by atoms with Gasteiger partial charge in [-0.2, -0.15) is 5.26 Å². The molecule has 0 radical (unpaired) electrons. The van der Waals surface area contributed by atoms with E-state index in [4.69, 9.17) is 4.74 Å². The molecular weight excluding hydrogens is 357 g/mol. The van der Waals surface area contributed by atoms with Crippen LogP contribution in [0.25, 0.3) is 6.08 Å². The number of piperazine rings is 1. The molecule has 2 atom stereocenters. The number of ether oxygens (including phenoxy) is 1. The summed E-state index contributed by atoms with van der Waals surface area (Å²) in [5, 5.41) is 9.50. The lowest BCUT2D eigenvalue weighted by Gasteiger charge is -2.42. The first-order valence-electron chi connectivity index (χ1n) is 9.74. The second kappa shape index (κ2) is 7.46. The summed E-state index contributed by atoms with van der Waals surface area (Å²) in [4.78, 5) is 16.5. The predicted molar refractivity (Wildman–Crippen MR) is 108 cm³/mol. The van der Waals surface area contributed by atoms with Gasteiger partial charge in [0, 0.05) is 13.1 Å². The van der Waals surface area contributed by atoms with E-state index in [1.165, 1.54) is 6.07 Å². The van der Waals surface area contributed by atoms with Gasteiger partial charge < -0.3 is 9.64 Å². The molecule has 150 valence electrons. The van der Waals surface area contributed by atoms with Gasteiger partial charge in [0.05, 0.1) is 17.8 Å². The average molecular weight is 385 g/mol. The number of hydrogen-bond donors (Lipinski definition) is 0. The highest BCUT2D eigenvalue weighted by atomic mass is 19.1. The molecule has 1 aromatic carbocycles. The Morgan fingerprint density at radius 2 is 1.86 bits per heavy atom. The molecule has 2 heterocycles. The Hall–Kier alpha value is -2.55. The zero-order valence-electron chi connectivity index (χ0n) is 17.3. The Kier molecular flexibility index (Phi) is 5.38. The molecule has 0 N–H and O–H groups in total. The van der Waals surface area contributed by atoms with Crippen LogP contribution in [0.15, 0.2) is 17.7 Å². The fourth-order valence-corrected chi connectivity index (χ4v) is 4.10. The molecule has 3 rings (SSSR count). The number of hydrogen-bond acceptors (Lipinski definition) is 4. The summed E-state index contributed by atoms with van der Waals surface area (Å²) in [5.74, 6) is -0.505. The van der Waals surface area contributed by atoms with Crippen LogP contribution in [0.2, 0.25) is 0 Å². The van der Waals surface area contributed by atoms with Crippen molar-refractivity contribution in [1.29, 1.82) is 5.26 Å². The lowest BCUT2D eigenvalue weighted by Crippen LogP contribution is -2.57. The van der Waals surface area contributed by atoms with Gasteiger partial charge in [0.25, 0.3) is 0 Å². The average Bonchev–Trinajstić information content (AvgIpc) is 2.82.